The molecule has 2 heterocycles. The van der Waals surface area contributed by atoms with E-state index in [9.17, 15) is 0 Å². The minimum Gasteiger partial charge on any atom is -0.370 e. The van der Waals surface area contributed by atoms with Crippen molar-refractivity contribution in [2.45, 2.75) is 12.8 Å². The molecule has 2 fully saturated rings. The van der Waals surface area contributed by atoms with Gasteiger partial charge >= 0.3 is 0 Å². The van der Waals surface area contributed by atoms with Crippen LogP contribution in [0.1, 0.15) is 12.8 Å². The highest BCUT2D eigenvalue weighted by Crippen LogP contribution is 2.09. The number of nitrogens with two attached hydrogens (primary N) is 1. The van der Waals surface area contributed by atoms with Crippen molar-refractivity contribution < 1.29 is 0 Å². The number of hydrogen-bond donors (Lipinski definition) is 1. The summed E-state index contributed by atoms with van der Waals surface area (Å²) < 4.78 is 0. The van der Waals surface area contributed by atoms with Gasteiger partial charge in [0.1, 0.15) is 0 Å². The Bertz CT molecular complexity index is 232. The maximum absolute atomic E-state index is 5.98. The Morgan fingerprint density at radius 2 is 1.81 bits per heavy atom. The smallest absolute Gasteiger partial charge is 0.191 e. The van der Waals surface area contributed by atoms with Crippen molar-refractivity contribution in [2.75, 3.05) is 50.8 Å². The SMILES string of the molecule is NC(=NCCN1CCCC1)N1CCSCC1. The Balaban J connectivity index is 1.68. The third kappa shape index (κ3) is 3.56. The topological polar surface area (TPSA) is 44.9 Å². The first-order valence-corrected chi connectivity index (χ1v) is 7.37. The fourth-order valence-electron chi connectivity index (χ4n) is 2.20. The van der Waals surface area contributed by atoms with Crippen molar-refractivity contribution in [3.8, 4) is 0 Å². The van der Waals surface area contributed by atoms with Crippen LogP contribution in [0.25, 0.3) is 0 Å². The fourth-order valence-corrected chi connectivity index (χ4v) is 3.11. The largest absolute Gasteiger partial charge is 0.370 e. The van der Waals surface area contributed by atoms with E-state index in [1.807, 2.05) is 11.8 Å². The number of guanidine groups is 1. The van der Waals surface area contributed by atoms with Crippen LogP contribution in [-0.4, -0.2) is 66.5 Å². The Kier molecular flexibility index (Phi) is 4.78. The van der Waals surface area contributed by atoms with Crippen LogP contribution < -0.4 is 5.73 Å². The van der Waals surface area contributed by atoms with Crippen molar-refractivity contribution in [1.29, 1.82) is 0 Å². The van der Waals surface area contributed by atoms with Crippen LogP contribution in [0.3, 0.4) is 0 Å². The second kappa shape index (κ2) is 6.35. The van der Waals surface area contributed by atoms with Gasteiger partial charge in [-0.1, -0.05) is 0 Å². The molecule has 16 heavy (non-hydrogen) atoms. The minimum atomic E-state index is 0.750. The Morgan fingerprint density at radius 3 is 2.50 bits per heavy atom. The van der Waals surface area contributed by atoms with Crippen molar-refractivity contribution >= 4 is 17.7 Å². The summed E-state index contributed by atoms with van der Waals surface area (Å²) in [7, 11) is 0. The highest BCUT2D eigenvalue weighted by atomic mass is 32.2. The number of thioether (sulfide) groups is 1. The van der Waals surface area contributed by atoms with E-state index in [0.29, 0.717) is 0 Å². The molecule has 0 radical (unpaired) electrons. The van der Waals surface area contributed by atoms with E-state index >= 15 is 0 Å². The lowest BCUT2D eigenvalue weighted by Crippen LogP contribution is -2.43. The van der Waals surface area contributed by atoms with Gasteiger partial charge in [-0.15, -0.1) is 0 Å². The second-order valence-electron chi connectivity index (χ2n) is 4.39. The van der Waals surface area contributed by atoms with Crippen molar-refractivity contribution in [2.24, 2.45) is 10.7 Å². The average Bonchev–Trinajstić information content (AvgIpc) is 2.83. The molecule has 0 unspecified atom stereocenters. The Labute approximate surface area is 102 Å². The van der Waals surface area contributed by atoms with E-state index in [4.69, 9.17) is 5.73 Å². The van der Waals surface area contributed by atoms with Crippen LogP contribution >= 0.6 is 11.8 Å². The number of likely N-dealkylation sites (tertiary alicyclic amines) is 1. The first kappa shape index (κ1) is 12.0. The quantitative estimate of drug-likeness (QED) is 0.576. The van der Waals surface area contributed by atoms with E-state index in [0.717, 1.165) is 32.1 Å². The van der Waals surface area contributed by atoms with Gasteiger partial charge in [0.05, 0.1) is 6.54 Å². The second-order valence-corrected chi connectivity index (χ2v) is 5.61. The third-order valence-corrected chi connectivity index (χ3v) is 4.17. The molecule has 0 saturated carbocycles. The van der Waals surface area contributed by atoms with E-state index in [1.54, 1.807) is 0 Å². The molecular formula is C11H22N4S. The van der Waals surface area contributed by atoms with E-state index in [2.05, 4.69) is 14.8 Å². The normalized spacial score (nSPS) is 24.0. The van der Waals surface area contributed by atoms with Gasteiger partial charge in [0.2, 0.25) is 0 Å². The summed E-state index contributed by atoms with van der Waals surface area (Å²) >= 11 is 2.00. The van der Waals surface area contributed by atoms with Crippen molar-refractivity contribution in [3.63, 3.8) is 0 Å². The molecule has 92 valence electrons. The third-order valence-electron chi connectivity index (χ3n) is 3.22. The van der Waals surface area contributed by atoms with Gasteiger partial charge in [0.25, 0.3) is 0 Å². The minimum absolute atomic E-state index is 0.750. The first-order chi connectivity index (χ1) is 7.86. The van der Waals surface area contributed by atoms with E-state index < -0.39 is 0 Å². The van der Waals surface area contributed by atoms with Gasteiger partial charge in [0.15, 0.2) is 5.96 Å². The molecule has 4 nitrogen and oxygen atoms in total. The Morgan fingerprint density at radius 1 is 1.12 bits per heavy atom. The molecule has 0 aliphatic carbocycles. The lowest BCUT2D eigenvalue weighted by molar-refractivity contribution is 0.348. The molecule has 2 rings (SSSR count). The molecule has 5 heteroatoms. The van der Waals surface area contributed by atoms with Crippen molar-refractivity contribution in [1.82, 2.24) is 9.80 Å². The van der Waals surface area contributed by atoms with Crippen LogP contribution in [0.4, 0.5) is 0 Å². The summed E-state index contributed by atoms with van der Waals surface area (Å²) in [5.74, 6) is 3.12. The maximum atomic E-state index is 5.98. The molecule has 0 bridgehead atoms. The first-order valence-electron chi connectivity index (χ1n) is 6.21. The molecule has 2 saturated heterocycles. The summed E-state index contributed by atoms with van der Waals surface area (Å²) in [4.78, 5) is 9.16. The molecule has 0 aromatic rings. The van der Waals surface area contributed by atoms with Crippen LogP contribution in [-0.2, 0) is 0 Å². The zero-order chi connectivity index (χ0) is 11.2. The standard InChI is InChI=1S/C11H22N4S/c12-11(15-7-9-16-10-8-15)13-3-6-14-4-1-2-5-14/h1-10H2,(H2,12,13). The van der Waals surface area contributed by atoms with E-state index in [1.165, 1.54) is 37.4 Å². The highest BCUT2D eigenvalue weighted by molar-refractivity contribution is 7.99. The molecule has 0 aromatic carbocycles. The fraction of sp³-hybridized carbons (Fsp3) is 0.909. The molecule has 2 aliphatic heterocycles. The zero-order valence-electron chi connectivity index (χ0n) is 9.90. The highest BCUT2D eigenvalue weighted by Gasteiger charge is 2.13. The molecule has 0 spiro atoms. The van der Waals surface area contributed by atoms with Crippen molar-refractivity contribution in [3.05, 3.63) is 0 Å². The summed E-state index contributed by atoms with van der Waals surface area (Å²) in [5.41, 5.74) is 5.98. The zero-order valence-corrected chi connectivity index (χ0v) is 10.7. The van der Waals surface area contributed by atoms with Crippen LogP contribution in [0.5, 0.6) is 0 Å². The lowest BCUT2D eigenvalue weighted by Gasteiger charge is -2.27. The molecule has 2 N–H and O–H groups in total. The van der Waals surface area contributed by atoms with Crippen LogP contribution in [0.2, 0.25) is 0 Å². The van der Waals surface area contributed by atoms with Gasteiger partial charge in [0, 0.05) is 31.1 Å². The number of hydrogen-bond acceptors (Lipinski definition) is 3. The van der Waals surface area contributed by atoms with Gasteiger partial charge < -0.3 is 15.5 Å². The lowest BCUT2D eigenvalue weighted by atomic mass is 10.4. The summed E-state index contributed by atoms with van der Waals surface area (Å²) in [6.07, 6.45) is 2.70. The van der Waals surface area contributed by atoms with Crippen LogP contribution in [0.15, 0.2) is 4.99 Å². The van der Waals surface area contributed by atoms with Crippen LogP contribution in [0, 0.1) is 0 Å². The monoisotopic (exact) mass is 242 g/mol. The number of rotatable bonds is 3. The van der Waals surface area contributed by atoms with Gasteiger partial charge in [-0.25, -0.2) is 0 Å². The number of nitrogens with zero attached hydrogens (tertiary/aromatic N) is 3. The predicted octanol–water partition coefficient (Wildman–Crippen LogP) is 0.446. The predicted molar refractivity (Wildman–Crippen MR) is 71.1 cm³/mol. The summed E-state index contributed by atoms with van der Waals surface area (Å²) in [5, 5.41) is 0. The molecule has 0 aromatic heterocycles. The van der Waals surface area contributed by atoms with Gasteiger partial charge in [-0.2, -0.15) is 11.8 Å². The average molecular weight is 242 g/mol. The van der Waals surface area contributed by atoms with E-state index in [-0.39, 0.29) is 0 Å². The maximum Gasteiger partial charge on any atom is 0.191 e. The summed E-state index contributed by atoms with van der Waals surface area (Å²) in [6.45, 7) is 6.54. The summed E-state index contributed by atoms with van der Waals surface area (Å²) in [6, 6.07) is 0. The molecule has 2 aliphatic rings. The molecule has 0 amide bonds. The van der Waals surface area contributed by atoms with Gasteiger partial charge in [-0.05, 0) is 25.9 Å². The Hall–Kier alpha value is -0.420. The molecular weight excluding hydrogens is 220 g/mol. The molecule has 0 atom stereocenters. The number of aliphatic imine (C=N–C) groups is 1. The van der Waals surface area contributed by atoms with Gasteiger partial charge in [-0.3, -0.25) is 4.99 Å².